The topological polar surface area (TPSA) is 154 Å². The molecule has 0 bridgehead atoms. The van der Waals surface area contributed by atoms with Crippen LogP contribution in [-0.2, 0) is 25.9 Å². The number of hydrogen-bond donors (Lipinski definition) is 1. The smallest absolute Gasteiger partial charge is 0.259 e. The molecule has 5 aromatic rings. The molecular formula is C37H34N4O8S. The van der Waals surface area contributed by atoms with Gasteiger partial charge < -0.3 is 28.7 Å². The zero-order chi connectivity index (χ0) is 34.7. The van der Waals surface area contributed by atoms with Gasteiger partial charge >= 0.3 is 0 Å². The molecule has 2 aliphatic heterocycles. The first kappa shape index (κ1) is 33.0. The van der Waals surface area contributed by atoms with Gasteiger partial charge in [-0.3, -0.25) is 4.79 Å². The van der Waals surface area contributed by atoms with E-state index in [4.69, 9.17) is 28.8 Å². The summed E-state index contributed by atoms with van der Waals surface area (Å²) in [6, 6.07) is 29.7. The molecule has 0 spiro atoms. The Hall–Kier alpha value is -5.53. The summed E-state index contributed by atoms with van der Waals surface area (Å²) < 4.78 is 50.1. The number of aliphatic hydroxyl groups is 1. The summed E-state index contributed by atoms with van der Waals surface area (Å²) in [5.74, 6) is 1.22. The predicted molar refractivity (Wildman–Crippen MR) is 184 cm³/mol. The number of aliphatic hydroxyl groups excluding tert-OH is 1. The third-order valence-corrected chi connectivity index (χ3v) is 10.5. The fourth-order valence-corrected chi connectivity index (χ4v) is 7.52. The molecule has 1 aromatic heterocycles. The molecule has 0 saturated heterocycles. The van der Waals surface area contributed by atoms with Crippen molar-refractivity contribution in [3.63, 3.8) is 0 Å². The standard InChI is InChI=1S/C37H34N4O8S/c1-46-27-16-12-25(13-17-27)34-38-32(40-49-34)24-41-31-11-6-5-10-30(31)33-37(36(41)43,20-23-50(44,45)29-8-3-2-4-9-29)39-35(48-33)26-14-18-28(19-15-26)47-22-7-21-42/h2-6,8-19,33,42H,7,20-24H2,1H3/t33-,37-/m1/s1. The normalized spacial score (nSPS) is 18.2. The van der Waals surface area contributed by atoms with Crippen LogP contribution in [0.4, 0.5) is 5.69 Å². The third-order valence-electron chi connectivity index (χ3n) is 8.72. The summed E-state index contributed by atoms with van der Waals surface area (Å²) >= 11 is 0. The number of benzene rings is 4. The van der Waals surface area contributed by atoms with Crippen molar-refractivity contribution in [3.05, 3.63) is 120 Å². The van der Waals surface area contributed by atoms with Gasteiger partial charge in [-0.15, -0.1) is 0 Å². The Morgan fingerprint density at radius 3 is 2.34 bits per heavy atom. The first-order chi connectivity index (χ1) is 24.3. The van der Waals surface area contributed by atoms with Crippen LogP contribution in [0.2, 0.25) is 0 Å². The van der Waals surface area contributed by atoms with E-state index in [1.54, 1.807) is 73.8 Å². The Bertz CT molecular complexity index is 2120. The minimum absolute atomic E-state index is 0.0231. The number of carbonyl (C=O) groups is 1. The van der Waals surface area contributed by atoms with Gasteiger partial charge in [0.2, 0.25) is 5.90 Å². The van der Waals surface area contributed by atoms with Crippen LogP contribution in [0, 0.1) is 0 Å². The second-order valence-corrected chi connectivity index (χ2v) is 14.0. The van der Waals surface area contributed by atoms with E-state index in [2.05, 4.69) is 10.1 Å². The van der Waals surface area contributed by atoms with Gasteiger partial charge in [0.1, 0.15) is 11.5 Å². The average Bonchev–Trinajstić information content (AvgIpc) is 3.80. The molecule has 0 unspecified atom stereocenters. The second-order valence-electron chi connectivity index (χ2n) is 11.9. The molecule has 4 aromatic carbocycles. The lowest BCUT2D eigenvalue weighted by Gasteiger charge is -2.41. The van der Waals surface area contributed by atoms with E-state index in [-0.39, 0.29) is 47.8 Å². The number of methoxy groups -OCH3 is 1. The van der Waals surface area contributed by atoms with Crippen LogP contribution >= 0.6 is 0 Å². The van der Waals surface area contributed by atoms with Crippen LogP contribution in [0.15, 0.2) is 118 Å². The number of hydrogen-bond acceptors (Lipinski definition) is 11. The van der Waals surface area contributed by atoms with Gasteiger partial charge in [-0.25, -0.2) is 13.4 Å². The lowest BCUT2D eigenvalue weighted by molar-refractivity contribution is -0.127. The Morgan fingerprint density at radius 1 is 0.900 bits per heavy atom. The number of aromatic nitrogens is 2. The van der Waals surface area contributed by atoms with Crippen molar-refractivity contribution >= 4 is 27.3 Å². The van der Waals surface area contributed by atoms with Gasteiger partial charge in [-0.1, -0.05) is 41.6 Å². The fraction of sp³-hybridized carbons (Fsp3) is 0.243. The summed E-state index contributed by atoms with van der Waals surface area (Å²) in [5, 5.41) is 13.2. The molecule has 50 heavy (non-hydrogen) atoms. The molecule has 7 rings (SSSR count). The van der Waals surface area contributed by atoms with Crippen molar-refractivity contribution < 1.29 is 37.1 Å². The summed E-state index contributed by atoms with van der Waals surface area (Å²) in [7, 11) is -2.21. The van der Waals surface area contributed by atoms with Crippen LogP contribution < -0.4 is 14.4 Å². The van der Waals surface area contributed by atoms with Crippen LogP contribution in [-0.4, -0.2) is 67.1 Å². The van der Waals surface area contributed by atoms with E-state index >= 15 is 0 Å². The summed E-state index contributed by atoms with van der Waals surface area (Å²) in [4.78, 5) is 26.1. The van der Waals surface area contributed by atoms with Gasteiger partial charge in [0, 0.05) is 36.1 Å². The zero-order valence-electron chi connectivity index (χ0n) is 27.1. The Balaban J connectivity index is 1.26. The molecule has 0 fully saturated rings. The second kappa shape index (κ2) is 13.8. The van der Waals surface area contributed by atoms with Gasteiger partial charge in [0.05, 0.1) is 36.6 Å². The molecular weight excluding hydrogens is 660 g/mol. The Kier molecular flexibility index (Phi) is 9.08. The number of para-hydroxylation sites is 1. The largest absolute Gasteiger partial charge is 0.497 e. The molecule has 0 saturated carbocycles. The van der Waals surface area contributed by atoms with Crippen LogP contribution in [0.1, 0.15) is 35.9 Å². The lowest BCUT2D eigenvalue weighted by Crippen LogP contribution is -2.54. The van der Waals surface area contributed by atoms with Crippen molar-refractivity contribution in [1.29, 1.82) is 0 Å². The maximum atomic E-state index is 14.9. The van der Waals surface area contributed by atoms with Crippen molar-refractivity contribution in [2.45, 2.75) is 35.9 Å². The van der Waals surface area contributed by atoms with Crippen LogP contribution in [0.3, 0.4) is 0 Å². The number of anilines is 1. The van der Waals surface area contributed by atoms with Gasteiger partial charge in [-0.2, -0.15) is 4.98 Å². The van der Waals surface area contributed by atoms with E-state index in [9.17, 15) is 13.2 Å². The average molecular weight is 695 g/mol. The van der Waals surface area contributed by atoms with E-state index < -0.39 is 27.4 Å². The summed E-state index contributed by atoms with van der Waals surface area (Å²) in [6.07, 6.45) is -0.546. The minimum Gasteiger partial charge on any atom is -0.497 e. The molecule has 0 aliphatic carbocycles. The number of fused-ring (bicyclic) bond motifs is 3. The van der Waals surface area contributed by atoms with Gasteiger partial charge in [0.15, 0.2) is 27.3 Å². The first-order valence-corrected chi connectivity index (χ1v) is 17.7. The van der Waals surface area contributed by atoms with Crippen molar-refractivity contribution in [2.24, 2.45) is 4.99 Å². The first-order valence-electron chi connectivity index (χ1n) is 16.1. The van der Waals surface area contributed by atoms with Crippen molar-refractivity contribution in [1.82, 2.24) is 10.1 Å². The Labute approximate surface area is 288 Å². The molecule has 2 aliphatic rings. The van der Waals surface area contributed by atoms with Crippen molar-refractivity contribution in [2.75, 3.05) is 31.0 Å². The van der Waals surface area contributed by atoms with Gasteiger partial charge in [0.25, 0.3) is 11.8 Å². The number of sulfone groups is 1. The molecule has 12 nitrogen and oxygen atoms in total. The quantitative estimate of drug-likeness (QED) is 0.163. The zero-order valence-corrected chi connectivity index (χ0v) is 28.0. The minimum atomic E-state index is -3.79. The predicted octanol–water partition coefficient (Wildman–Crippen LogP) is 5.17. The van der Waals surface area contributed by atoms with Crippen LogP contribution in [0.5, 0.6) is 11.5 Å². The van der Waals surface area contributed by atoms with E-state index in [0.717, 1.165) is 0 Å². The maximum Gasteiger partial charge on any atom is 0.259 e. The number of nitrogens with zero attached hydrogens (tertiary/aromatic N) is 4. The molecule has 1 N–H and O–H groups in total. The van der Waals surface area contributed by atoms with E-state index in [0.29, 0.717) is 46.9 Å². The molecule has 1 amide bonds. The van der Waals surface area contributed by atoms with Crippen LogP contribution in [0.25, 0.3) is 11.5 Å². The highest BCUT2D eigenvalue weighted by atomic mass is 32.2. The van der Waals surface area contributed by atoms with Crippen molar-refractivity contribution in [3.8, 4) is 23.0 Å². The molecule has 3 heterocycles. The monoisotopic (exact) mass is 694 g/mol. The molecule has 0 radical (unpaired) electrons. The Morgan fingerprint density at radius 2 is 1.60 bits per heavy atom. The van der Waals surface area contributed by atoms with E-state index in [1.165, 1.54) is 17.0 Å². The molecule has 256 valence electrons. The lowest BCUT2D eigenvalue weighted by atomic mass is 9.80. The summed E-state index contributed by atoms with van der Waals surface area (Å²) in [5.41, 5.74) is 0.901. The highest BCUT2D eigenvalue weighted by Crippen LogP contribution is 2.50. The SMILES string of the molecule is COc1ccc(-c2nc(CN3C(=O)[C@]4(CCS(=O)(=O)c5ccccc5)N=C(c5ccc(OCCCO)cc5)O[C@@H]4c4ccccc43)no2)cc1. The fourth-order valence-electron chi connectivity index (χ4n) is 6.13. The third kappa shape index (κ3) is 6.32. The number of ether oxygens (including phenoxy) is 3. The number of aliphatic imine (C=N–C) groups is 1. The number of carbonyl (C=O) groups excluding carboxylic acids is 1. The maximum absolute atomic E-state index is 14.9. The summed E-state index contributed by atoms with van der Waals surface area (Å²) in [6.45, 7) is 0.326. The number of rotatable bonds is 13. The van der Waals surface area contributed by atoms with E-state index in [1.807, 2.05) is 24.3 Å². The highest BCUT2D eigenvalue weighted by Gasteiger charge is 2.59. The molecule has 13 heteroatoms. The molecule has 2 atom stereocenters. The highest BCUT2D eigenvalue weighted by molar-refractivity contribution is 7.91. The number of amides is 1. The van der Waals surface area contributed by atoms with Gasteiger partial charge in [-0.05, 0) is 66.7 Å².